The van der Waals surface area contributed by atoms with E-state index in [1.54, 1.807) is 0 Å². The van der Waals surface area contributed by atoms with Crippen molar-refractivity contribution in [1.82, 2.24) is 15.1 Å². The van der Waals surface area contributed by atoms with Gasteiger partial charge in [0.15, 0.2) is 5.96 Å². The summed E-state index contributed by atoms with van der Waals surface area (Å²) < 4.78 is 11.5. The van der Waals surface area contributed by atoms with Crippen LogP contribution in [0.4, 0.5) is 0 Å². The number of hydrogen-bond donors (Lipinski definition) is 1. The van der Waals surface area contributed by atoms with Gasteiger partial charge < -0.3 is 24.6 Å². The van der Waals surface area contributed by atoms with Crippen LogP contribution in [0, 0.1) is 5.92 Å². The van der Waals surface area contributed by atoms with Crippen molar-refractivity contribution in [2.75, 3.05) is 66.6 Å². The fraction of sp³-hybridized carbons (Fsp3) is 0.938. The standard InChI is InChI=1S/C16H32N4O2/c1-4-17-16(18-11-15-12-19(2)7-10-22-15)20(3)8-9-21-13-14-5-6-14/h14-15H,4-13H2,1-3H3,(H,17,18). The highest BCUT2D eigenvalue weighted by atomic mass is 16.5. The average molecular weight is 312 g/mol. The number of guanidine groups is 1. The average Bonchev–Trinajstić information content (AvgIpc) is 3.32. The SMILES string of the molecule is CCNC(=NCC1CN(C)CCO1)N(C)CCOCC1CC1. The summed E-state index contributed by atoms with van der Waals surface area (Å²) in [7, 11) is 4.20. The van der Waals surface area contributed by atoms with Crippen LogP contribution in [-0.4, -0.2) is 88.5 Å². The van der Waals surface area contributed by atoms with Crippen molar-refractivity contribution in [2.24, 2.45) is 10.9 Å². The zero-order valence-corrected chi connectivity index (χ0v) is 14.4. The van der Waals surface area contributed by atoms with E-state index in [2.05, 4.69) is 36.1 Å². The maximum atomic E-state index is 5.77. The second-order valence-corrected chi connectivity index (χ2v) is 6.39. The fourth-order valence-corrected chi connectivity index (χ4v) is 2.48. The van der Waals surface area contributed by atoms with Gasteiger partial charge in [0.1, 0.15) is 0 Å². The van der Waals surface area contributed by atoms with Gasteiger partial charge in [-0.05, 0) is 32.7 Å². The molecular formula is C16H32N4O2. The van der Waals surface area contributed by atoms with E-state index in [9.17, 15) is 0 Å². The van der Waals surface area contributed by atoms with Gasteiger partial charge in [0.25, 0.3) is 0 Å². The molecule has 0 bridgehead atoms. The number of ether oxygens (including phenoxy) is 2. The van der Waals surface area contributed by atoms with Gasteiger partial charge in [-0.3, -0.25) is 4.99 Å². The van der Waals surface area contributed by atoms with Crippen molar-refractivity contribution in [1.29, 1.82) is 0 Å². The first-order valence-electron chi connectivity index (χ1n) is 8.56. The topological polar surface area (TPSA) is 49.3 Å². The van der Waals surface area contributed by atoms with Crippen LogP contribution in [0.5, 0.6) is 0 Å². The molecule has 1 heterocycles. The number of nitrogens with one attached hydrogen (secondary N) is 1. The van der Waals surface area contributed by atoms with Crippen molar-refractivity contribution in [2.45, 2.75) is 25.9 Å². The van der Waals surface area contributed by atoms with Crippen LogP contribution >= 0.6 is 0 Å². The van der Waals surface area contributed by atoms with Crippen molar-refractivity contribution < 1.29 is 9.47 Å². The maximum absolute atomic E-state index is 5.77. The summed E-state index contributed by atoms with van der Waals surface area (Å²) in [5, 5.41) is 3.35. The normalized spacial score (nSPS) is 23.6. The molecule has 0 spiro atoms. The molecule has 2 rings (SSSR count). The monoisotopic (exact) mass is 312 g/mol. The summed E-state index contributed by atoms with van der Waals surface area (Å²) in [6, 6.07) is 0. The third-order valence-electron chi connectivity index (χ3n) is 4.10. The number of nitrogens with zero attached hydrogens (tertiary/aromatic N) is 3. The van der Waals surface area contributed by atoms with Gasteiger partial charge in [-0.25, -0.2) is 0 Å². The molecule has 2 fully saturated rings. The molecule has 1 saturated carbocycles. The first kappa shape index (κ1) is 17.5. The van der Waals surface area contributed by atoms with Crippen LogP contribution in [0.15, 0.2) is 4.99 Å². The summed E-state index contributed by atoms with van der Waals surface area (Å²) in [5.74, 6) is 1.77. The van der Waals surface area contributed by atoms with E-state index in [4.69, 9.17) is 14.5 Å². The molecule has 1 aliphatic carbocycles. The van der Waals surface area contributed by atoms with Gasteiger partial charge in [0.05, 0.1) is 25.9 Å². The third-order valence-corrected chi connectivity index (χ3v) is 4.10. The molecule has 0 amide bonds. The Morgan fingerprint density at radius 1 is 1.45 bits per heavy atom. The van der Waals surface area contributed by atoms with Crippen molar-refractivity contribution in [3.8, 4) is 0 Å². The minimum Gasteiger partial charge on any atom is -0.379 e. The van der Waals surface area contributed by atoms with Gasteiger partial charge in [-0.2, -0.15) is 0 Å². The lowest BCUT2D eigenvalue weighted by Crippen LogP contribution is -2.44. The minimum absolute atomic E-state index is 0.201. The molecule has 1 N–H and O–H groups in total. The summed E-state index contributed by atoms with van der Waals surface area (Å²) in [6.07, 6.45) is 2.89. The number of morpholine rings is 1. The van der Waals surface area contributed by atoms with Crippen LogP contribution in [0.2, 0.25) is 0 Å². The van der Waals surface area contributed by atoms with E-state index in [0.29, 0.717) is 6.54 Å². The highest BCUT2D eigenvalue weighted by Crippen LogP contribution is 2.28. The molecule has 2 aliphatic rings. The Balaban J connectivity index is 1.71. The molecule has 128 valence electrons. The molecule has 0 aromatic heterocycles. The van der Waals surface area contributed by atoms with Crippen LogP contribution in [0.3, 0.4) is 0 Å². The molecule has 1 atom stereocenters. The summed E-state index contributed by atoms with van der Waals surface area (Å²) in [6.45, 7) is 9.00. The molecule has 6 heteroatoms. The zero-order chi connectivity index (χ0) is 15.8. The van der Waals surface area contributed by atoms with Gasteiger partial charge in [-0.15, -0.1) is 0 Å². The highest BCUT2D eigenvalue weighted by Gasteiger charge is 2.21. The van der Waals surface area contributed by atoms with Crippen LogP contribution < -0.4 is 5.32 Å². The quantitative estimate of drug-likeness (QED) is 0.405. The lowest BCUT2D eigenvalue weighted by Gasteiger charge is -2.29. The zero-order valence-electron chi connectivity index (χ0n) is 14.4. The Labute approximate surface area is 134 Å². The van der Waals surface area contributed by atoms with E-state index in [-0.39, 0.29) is 6.10 Å². The molecule has 0 aromatic rings. The van der Waals surface area contributed by atoms with Crippen molar-refractivity contribution >= 4 is 5.96 Å². The molecule has 0 aromatic carbocycles. The van der Waals surface area contributed by atoms with Crippen LogP contribution in [0.1, 0.15) is 19.8 Å². The predicted octanol–water partition coefficient (Wildman–Crippen LogP) is 0.641. The minimum atomic E-state index is 0.201. The smallest absolute Gasteiger partial charge is 0.193 e. The molecule has 0 radical (unpaired) electrons. The lowest BCUT2D eigenvalue weighted by molar-refractivity contribution is -0.0137. The number of rotatable bonds is 8. The van der Waals surface area contributed by atoms with E-state index in [0.717, 1.165) is 57.9 Å². The van der Waals surface area contributed by atoms with E-state index in [1.165, 1.54) is 12.8 Å². The number of aliphatic imine (C=N–C) groups is 1. The predicted molar refractivity (Wildman–Crippen MR) is 89.4 cm³/mol. The first-order valence-corrected chi connectivity index (χ1v) is 8.56. The second-order valence-electron chi connectivity index (χ2n) is 6.39. The van der Waals surface area contributed by atoms with Crippen LogP contribution in [-0.2, 0) is 9.47 Å². The summed E-state index contributed by atoms with van der Waals surface area (Å²) in [4.78, 5) is 9.16. The number of hydrogen-bond acceptors (Lipinski definition) is 4. The molecule has 1 saturated heterocycles. The Morgan fingerprint density at radius 2 is 2.27 bits per heavy atom. The fourth-order valence-electron chi connectivity index (χ4n) is 2.48. The van der Waals surface area contributed by atoms with Gasteiger partial charge in [0, 0.05) is 39.8 Å². The first-order chi connectivity index (χ1) is 10.7. The Morgan fingerprint density at radius 3 is 2.95 bits per heavy atom. The van der Waals surface area contributed by atoms with E-state index < -0.39 is 0 Å². The van der Waals surface area contributed by atoms with Gasteiger partial charge in [0.2, 0.25) is 0 Å². The van der Waals surface area contributed by atoms with Crippen LogP contribution in [0.25, 0.3) is 0 Å². The van der Waals surface area contributed by atoms with Gasteiger partial charge in [-0.1, -0.05) is 0 Å². The Bertz CT molecular complexity index is 347. The lowest BCUT2D eigenvalue weighted by atomic mass is 10.3. The van der Waals surface area contributed by atoms with Crippen molar-refractivity contribution in [3.05, 3.63) is 0 Å². The summed E-state index contributed by atoms with van der Waals surface area (Å²) in [5.41, 5.74) is 0. The molecule has 22 heavy (non-hydrogen) atoms. The highest BCUT2D eigenvalue weighted by molar-refractivity contribution is 5.79. The Hall–Kier alpha value is -0.850. The van der Waals surface area contributed by atoms with E-state index >= 15 is 0 Å². The molecule has 6 nitrogen and oxygen atoms in total. The molecule has 1 aliphatic heterocycles. The third kappa shape index (κ3) is 6.50. The molecular weight excluding hydrogens is 280 g/mol. The Kier molecular flexibility index (Phi) is 7.42. The van der Waals surface area contributed by atoms with E-state index in [1.807, 2.05) is 0 Å². The largest absolute Gasteiger partial charge is 0.379 e. The summed E-state index contributed by atoms with van der Waals surface area (Å²) >= 11 is 0. The number of likely N-dealkylation sites (N-methyl/N-ethyl adjacent to an activating group) is 2. The maximum Gasteiger partial charge on any atom is 0.193 e. The second kappa shape index (κ2) is 9.33. The van der Waals surface area contributed by atoms with Crippen molar-refractivity contribution in [3.63, 3.8) is 0 Å². The van der Waals surface area contributed by atoms with Gasteiger partial charge >= 0.3 is 0 Å². The molecule has 1 unspecified atom stereocenters.